The maximum Gasteiger partial charge on any atom is 0.237 e. The quantitative estimate of drug-likeness (QED) is 0.644. The van der Waals surface area contributed by atoms with Gasteiger partial charge in [0.15, 0.2) is 0 Å². The van der Waals surface area contributed by atoms with Crippen LogP contribution in [0, 0.1) is 5.41 Å². The summed E-state index contributed by atoms with van der Waals surface area (Å²) in [7, 11) is 0. The van der Waals surface area contributed by atoms with Gasteiger partial charge in [0.05, 0.1) is 10.4 Å². The molecule has 1 rings (SSSR count). The molecule has 1 aromatic rings. The lowest BCUT2D eigenvalue weighted by atomic mass is 9.86. The second-order valence-electron chi connectivity index (χ2n) is 4.24. The van der Waals surface area contributed by atoms with Crippen LogP contribution in [0.1, 0.15) is 20.3 Å². The van der Waals surface area contributed by atoms with Crippen LogP contribution in [0.15, 0.2) is 29.2 Å². The third-order valence-corrected chi connectivity index (χ3v) is 4.26. The summed E-state index contributed by atoms with van der Waals surface area (Å²) in [6.07, 6.45) is 2.57. The number of hydrogen-bond donors (Lipinski definition) is 2. The number of hydrogen-bond acceptors (Lipinski definition) is 3. The second kappa shape index (κ2) is 6.20. The number of nitrogens with one attached hydrogen (secondary N) is 1. The highest BCUT2D eigenvalue weighted by Gasteiger charge is 2.34. The molecular formula is C13H18N2OS2. The summed E-state index contributed by atoms with van der Waals surface area (Å²) in [6.45, 7) is 3.67. The van der Waals surface area contributed by atoms with Crippen LogP contribution < -0.4 is 11.1 Å². The second-order valence-corrected chi connectivity index (χ2v) is 5.56. The van der Waals surface area contributed by atoms with Crippen LogP contribution >= 0.6 is 24.0 Å². The molecule has 0 radical (unpaired) electrons. The van der Waals surface area contributed by atoms with Gasteiger partial charge in [0, 0.05) is 10.6 Å². The molecule has 0 saturated carbocycles. The normalized spacial score (nSPS) is 13.7. The van der Waals surface area contributed by atoms with E-state index in [0.717, 1.165) is 10.6 Å². The summed E-state index contributed by atoms with van der Waals surface area (Å²) >= 11 is 6.61. The highest BCUT2D eigenvalue weighted by atomic mass is 32.2. The van der Waals surface area contributed by atoms with Crippen LogP contribution in [0.2, 0.25) is 0 Å². The molecule has 3 nitrogen and oxygen atoms in total. The van der Waals surface area contributed by atoms with E-state index in [4.69, 9.17) is 18.0 Å². The fourth-order valence-corrected chi connectivity index (χ4v) is 2.11. The lowest BCUT2D eigenvalue weighted by Gasteiger charge is -2.25. The van der Waals surface area contributed by atoms with Gasteiger partial charge in [0.1, 0.15) is 0 Å². The van der Waals surface area contributed by atoms with Crippen molar-refractivity contribution >= 4 is 40.6 Å². The third-order valence-electron chi connectivity index (χ3n) is 3.08. The van der Waals surface area contributed by atoms with E-state index in [-0.39, 0.29) is 10.9 Å². The molecule has 0 spiro atoms. The Kier molecular flexibility index (Phi) is 5.16. The lowest BCUT2D eigenvalue weighted by Crippen LogP contribution is -2.43. The molecule has 18 heavy (non-hydrogen) atoms. The van der Waals surface area contributed by atoms with Gasteiger partial charge in [-0.3, -0.25) is 4.79 Å². The predicted octanol–water partition coefficient (Wildman–Crippen LogP) is 3.05. The van der Waals surface area contributed by atoms with Crippen LogP contribution in [0.3, 0.4) is 0 Å². The van der Waals surface area contributed by atoms with E-state index in [2.05, 4.69) is 5.32 Å². The molecular weight excluding hydrogens is 264 g/mol. The summed E-state index contributed by atoms with van der Waals surface area (Å²) in [6, 6.07) is 7.68. The molecule has 1 unspecified atom stereocenters. The fraction of sp³-hybridized carbons (Fsp3) is 0.385. The Balaban J connectivity index is 2.89. The van der Waals surface area contributed by atoms with E-state index >= 15 is 0 Å². The third kappa shape index (κ3) is 3.23. The molecule has 0 fully saturated rings. The van der Waals surface area contributed by atoms with Crippen LogP contribution in [0.5, 0.6) is 0 Å². The maximum atomic E-state index is 12.2. The molecule has 0 bridgehead atoms. The van der Waals surface area contributed by atoms with E-state index in [1.807, 2.05) is 37.4 Å². The number of anilines is 1. The van der Waals surface area contributed by atoms with Crippen molar-refractivity contribution < 1.29 is 4.79 Å². The maximum absolute atomic E-state index is 12.2. The Morgan fingerprint density at radius 1 is 1.56 bits per heavy atom. The Labute approximate surface area is 118 Å². The number of thioether (sulfide) groups is 1. The number of benzene rings is 1. The van der Waals surface area contributed by atoms with Gasteiger partial charge in [-0.25, -0.2) is 0 Å². The number of carbonyl (C=O) groups is 1. The number of rotatable bonds is 5. The monoisotopic (exact) mass is 282 g/mol. The van der Waals surface area contributed by atoms with Crippen LogP contribution in [-0.4, -0.2) is 17.2 Å². The smallest absolute Gasteiger partial charge is 0.237 e. The number of carbonyl (C=O) groups excluding carboxylic acids is 1. The summed E-state index contributed by atoms with van der Waals surface area (Å²) in [5, 5.41) is 2.87. The van der Waals surface area contributed by atoms with Crippen LogP contribution in [0.4, 0.5) is 5.69 Å². The van der Waals surface area contributed by atoms with Crippen molar-refractivity contribution in [3.63, 3.8) is 0 Å². The average Bonchev–Trinajstić information content (AvgIpc) is 2.37. The minimum Gasteiger partial charge on any atom is -0.392 e. The first-order chi connectivity index (χ1) is 8.43. The zero-order valence-corrected chi connectivity index (χ0v) is 12.5. The molecule has 1 amide bonds. The molecule has 0 saturated heterocycles. The molecule has 0 aromatic heterocycles. The first kappa shape index (κ1) is 15.0. The molecule has 5 heteroatoms. The SMILES string of the molecule is CCC(C)(C(=O)Nc1cccc(SC)c1)C(N)=S. The van der Waals surface area contributed by atoms with Gasteiger partial charge >= 0.3 is 0 Å². The van der Waals surface area contributed by atoms with Gasteiger partial charge in [-0.2, -0.15) is 0 Å². The Hall–Kier alpha value is -1.07. The van der Waals surface area contributed by atoms with Gasteiger partial charge in [-0.15, -0.1) is 11.8 Å². The molecule has 0 aliphatic rings. The average molecular weight is 282 g/mol. The number of thiocarbonyl (C=S) groups is 1. The Morgan fingerprint density at radius 3 is 2.72 bits per heavy atom. The van der Waals surface area contributed by atoms with Crippen molar-refractivity contribution in [1.82, 2.24) is 0 Å². The molecule has 3 N–H and O–H groups in total. The zero-order valence-electron chi connectivity index (χ0n) is 10.8. The van der Waals surface area contributed by atoms with E-state index in [1.54, 1.807) is 18.7 Å². The highest BCUT2D eigenvalue weighted by Crippen LogP contribution is 2.25. The van der Waals surface area contributed by atoms with E-state index in [9.17, 15) is 4.79 Å². The molecule has 0 heterocycles. The van der Waals surface area contributed by atoms with Crippen LogP contribution in [0.25, 0.3) is 0 Å². The van der Waals surface area contributed by atoms with Gasteiger partial charge in [-0.05, 0) is 37.8 Å². The van der Waals surface area contributed by atoms with Crippen molar-refractivity contribution in [2.24, 2.45) is 11.1 Å². The summed E-state index contributed by atoms with van der Waals surface area (Å²) in [5.74, 6) is -0.157. The Bertz CT molecular complexity index is 462. The van der Waals surface area contributed by atoms with Crippen molar-refractivity contribution in [2.75, 3.05) is 11.6 Å². The predicted molar refractivity (Wildman–Crippen MR) is 82.0 cm³/mol. The zero-order chi connectivity index (χ0) is 13.8. The minimum atomic E-state index is -0.801. The first-order valence-corrected chi connectivity index (χ1v) is 7.32. The molecule has 98 valence electrons. The number of amides is 1. The summed E-state index contributed by atoms with van der Waals surface area (Å²) in [4.78, 5) is 13.5. The molecule has 0 aliphatic carbocycles. The summed E-state index contributed by atoms with van der Waals surface area (Å²) < 4.78 is 0. The van der Waals surface area contributed by atoms with Crippen molar-refractivity contribution in [1.29, 1.82) is 0 Å². The van der Waals surface area contributed by atoms with Crippen molar-refractivity contribution in [3.05, 3.63) is 24.3 Å². The van der Waals surface area contributed by atoms with E-state index < -0.39 is 5.41 Å². The molecule has 1 atom stereocenters. The molecule has 1 aromatic carbocycles. The van der Waals surface area contributed by atoms with Gasteiger partial charge < -0.3 is 11.1 Å². The fourth-order valence-electron chi connectivity index (χ4n) is 1.42. The van der Waals surface area contributed by atoms with Crippen molar-refractivity contribution in [2.45, 2.75) is 25.2 Å². The topological polar surface area (TPSA) is 55.1 Å². The van der Waals surface area contributed by atoms with Crippen LogP contribution in [-0.2, 0) is 4.79 Å². The van der Waals surface area contributed by atoms with Gasteiger partial charge in [0.25, 0.3) is 0 Å². The van der Waals surface area contributed by atoms with Gasteiger partial charge in [0.2, 0.25) is 5.91 Å². The standard InChI is InChI=1S/C13H18N2OS2/c1-4-13(2,11(14)17)12(16)15-9-6-5-7-10(8-9)18-3/h5-8H,4H2,1-3H3,(H2,14,17)(H,15,16). The largest absolute Gasteiger partial charge is 0.392 e. The van der Waals surface area contributed by atoms with E-state index in [1.165, 1.54) is 0 Å². The van der Waals surface area contributed by atoms with E-state index in [0.29, 0.717) is 6.42 Å². The molecule has 0 aliphatic heterocycles. The number of nitrogens with two attached hydrogens (primary N) is 1. The van der Waals surface area contributed by atoms with Gasteiger partial charge in [-0.1, -0.05) is 25.2 Å². The Morgan fingerprint density at radius 2 is 2.22 bits per heavy atom. The van der Waals surface area contributed by atoms with Crippen molar-refractivity contribution in [3.8, 4) is 0 Å². The first-order valence-electron chi connectivity index (χ1n) is 5.69. The minimum absolute atomic E-state index is 0.157. The highest BCUT2D eigenvalue weighted by molar-refractivity contribution is 7.98. The lowest BCUT2D eigenvalue weighted by molar-refractivity contribution is -0.121. The summed E-state index contributed by atoms with van der Waals surface area (Å²) in [5.41, 5.74) is 5.62.